The number of nitro groups is 1. The highest BCUT2D eigenvalue weighted by atomic mass is 16.6. The lowest BCUT2D eigenvalue weighted by atomic mass is 10.2. The quantitative estimate of drug-likeness (QED) is 0.527. The first kappa shape index (κ1) is 8.61. The SMILES string of the molecule is O=[N+]([O-])c1cccnc1CCO. The predicted octanol–water partition coefficient (Wildman–Crippen LogP) is 0.525. The fourth-order valence-electron chi connectivity index (χ4n) is 0.894. The Morgan fingerprint density at radius 3 is 3.00 bits per heavy atom. The Labute approximate surface area is 68.8 Å². The number of pyridine rings is 1. The van der Waals surface area contributed by atoms with Crippen LogP contribution in [0.1, 0.15) is 5.69 Å². The number of aromatic nitrogens is 1. The van der Waals surface area contributed by atoms with Crippen molar-refractivity contribution in [3.63, 3.8) is 0 Å². The van der Waals surface area contributed by atoms with Crippen LogP contribution in [0.3, 0.4) is 0 Å². The van der Waals surface area contributed by atoms with E-state index in [2.05, 4.69) is 4.98 Å². The zero-order chi connectivity index (χ0) is 8.97. The molecule has 0 radical (unpaired) electrons. The molecular weight excluding hydrogens is 160 g/mol. The highest BCUT2D eigenvalue weighted by Crippen LogP contribution is 2.14. The summed E-state index contributed by atoms with van der Waals surface area (Å²) in [5.41, 5.74) is 0.288. The first-order chi connectivity index (χ1) is 5.75. The van der Waals surface area contributed by atoms with E-state index in [9.17, 15) is 10.1 Å². The molecule has 0 bridgehead atoms. The van der Waals surface area contributed by atoms with E-state index in [0.29, 0.717) is 5.69 Å². The first-order valence-corrected chi connectivity index (χ1v) is 3.45. The fraction of sp³-hybridized carbons (Fsp3) is 0.286. The second-order valence-electron chi connectivity index (χ2n) is 2.20. The van der Waals surface area contributed by atoms with Crippen LogP contribution in [0.2, 0.25) is 0 Å². The molecule has 12 heavy (non-hydrogen) atoms. The summed E-state index contributed by atoms with van der Waals surface area (Å²) in [6.45, 7) is -0.127. The molecule has 1 aromatic heterocycles. The minimum Gasteiger partial charge on any atom is -0.396 e. The van der Waals surface area contributed by atoms with Gasteiger partial charge in [0.2, 0.25) is 0 Å². The van der Waals surface area contributed by atoms with Crippen molar-refractivity contribution in [3.8, 4) is 0 Å². The molecule has 5 heteroatoms. The third-order valence-electron chi connectivity index (χ3n) is 1.41. The minimum absolute atomic E-state index is 0.0356. The smallest absolute Gasteiger partial charge is 0.290 e. The fourth-order valence-corrected chi connectivity index (χ4v) is 0.894. The number of nitrogens with zero attached hydrogens (tertiary/aromatic N) is 2. The molecule has 0 saturated heterocycles. The van der Waals surface area contributed by atoms with Gasteiger partial charge in [0.15, 0.2) is 0 Å². The van der Waals surface area contributed by atoms with Crippen LogP contribution in [0.5, 0.6) is 0 Å². The summed E-state index contributed by atoms with van der Waals surface area (Å²) >= 11 is 0. The van der Waals surface area contributed by atoms with Gasteiger partial charge in [-0.1, -0.05) is 0 Å². The standard InChI is InChI=1S/C7H8N2O3/c10-5-3-6-7(9(11)12)2-1-4-8-6/h1-2,4,10H,3,5H2. The molecule has 0 aliphatic heterocycles. The average Bonchev–Trinajstić information content (AvgIpc) is 2.05. The van der Waals surface area contributed by atoms with Crippen molar-refractivity contribution in [1.29, 1.82) is 0 Å². The molecule has 0 unspecified atom stereocenters. The maximum atomic E-state index is 10.4. The van der Waals surface area contributed by atoms with Crippen molar-refractivity contribution in [2.75, 3.05) is 6.61 Å². The lowest BCUT2D eigenvalue weighted by molar-refractivity contribution is -0.386. The third-order valence-corrected chi connectivity index (χ3v) is 1.41. The molecular formula is C7H8N2O3. The van der Waals surface area contributed by atoms with Gasteiger partial charge in [-0.2, -0.15) is 0 Å². The van der Waals surface area contributed by atoms with Crippen LogP contribution in [0.4, 0.5) is 5.69 Å². The molecule has 0 aliphatic carbocycles. The maximum Gasteiger partial charge on any atom is 0.290 e. The summed E-state index contributed by atoms with van der Waals surface area (Å²) in [5, 5.41) is 18.9. The Morgan fingerprint density at radius 1 is 1.67 bits per heavy atom. The van der Waals surface area contributed by atoms with Crippen LogP contribution in [0.25, 0.3) is 0 Å². The molecule has 1 heterocycles. The second-order valence-corrected chi connectivity index (χ2v) is 2.20. The third kappa shape index (κ3) is 1.76. The van der Waals surface area contributed by atoms with E-state index in [4.69, 9.17) is 5.11 Å². The van der Waals surface area contributed by atoms with Crippen molar-refractivity contribution in [1.82, 2.24) is 4.98 Å². The summed E-state index contributed by atoms with van der Waals surface area (Å²) in [4.78, 5) is 13.7. The number of hydrogen-bond acceptors (Lipinski definition) is 4. The van der Waals surface area contributed by atoms with Gasteiger partial charge in [-0.3, -0.25) is 15.1 Å². The Kier molecular flexibility index (Phi) is 2.71. The zero-order valence-corrected chi connectivity index (χ0v) is 6.30. The molecule has 0 aliphatic rings. The molecule has 5 nitrogen and oxygen atoms in total. The lowest BCUT2D eigenvalue weighted by Gasteiger charge is -1.97. The molecule has 1 aromatic rings. The van der Waals surface area contributed by atoms with Crippen LogP contribution in [-0.4, -0.2) is 21.6 Å². The highest BCUT2D eigenvalue weighted by molar-refractivity contribution is 5.34. The molecule has 0 atom stereocenters. The number of aliphatic hydroxyl groups excluding tert-OH is 1. The summed E-state index contributed by atoms with van der Waals surface area (Å²) < 4.78 is 0. The Balaban J connectivity index is 3.00. The van der Waals surface area contributed by atoms with Crippen molar-refractivity contribution in [3.05, 3.63) is 34.1 Å². The second kappa shape index (κ2) is 3.77. The van der Waals surface area contributed by atoms with Gasteiger partial charge in [-0.05, 0) is 6.07 Å². The van der Waals surface area contributed by atoms with Gasteiger partial charge in [0.1, 0.15) is 5.69 Å². The summed E-state index contributed by atoms with van der Waals surface area (Å²) in [7, 11) is 0. The monoisotopic (exact) mass is 168 g/mol. The van der Waals surface area contributed by atoms with E-state index in [1.807, 2.05) is 0 Å². The summed E-state index contributed by atoms with van der Waals surface area (Å²) in [5.74, 6) is 0. The van der Waals surface area contributed by atoms with Gasteiger partial charge in [0.25, 0.3) is 5.69 Å². The van der Waals surface area contributed by atoms with Gasteiger partial charge in [-0.25, -0.2) is 0 Å². The van der Waals surface area contributed by atoms with Gasteiger partial charge in [-0.15, -0.1) is 0 Å². The van der Waals surface area contributed by atoms with E-state index < -0.39 is 4.92 Å². The van der Waals surface area contributed by atoms with Crippen LogP contribution in [0.15, 0.2) is 18.3 Å². The van der Waals surface area contributed by atoms with Crippen LogP contribution in [0, 0.1) is 10.1 Å². The Morgan fingerprint density at radius 2 is 2.42 bits per heavy atom. The van der Waals surface area contributed by atoms with Gasteiger partial charge in [0.05, 0.1) is 4.92 Å². The highest BCUT2D eigenvalue weighted by Gasteiger charge is 2.12. The van der Waals surface area contributed by atoms with E-state index in [0.717, 1.165) is 0 Å². The van der Waals surface area contributed by atoms with E-state index in [1.165, 1.54) is 18.3 Å². The van der Waals surface area contributed by atoms with Crippen molar-refractivity contribution >= 4 is 5.69 Å². The van der Waals surface area contributed by atoms with Crippen molar-refractivity contribution in [2.45, 2.75) is 6.42 Å². The van der Waals surface area contributed by atoms with Crippen LogP contribution in [-0.2, 0) is 6.42 Å². The molecule has 1 rings (SSSR count). The first-order valence-electron chi connectivity index (χ1n) is 3.45. The topological polar surface area (TPSA) is 76.3 Å². The molecule has 0 spiro atoms. The van der Waals surface area contributed by atoms with Gasteiger partial charge >= 0.3 is 0 Å². The number of aliphatic hydroxyl groups is 1. The molecule has 0 aromatic carbocycles. The van der Waals surface area contributed by atoms with Crippen molar-refractivity contribution in [2.24, 2.45) is 0 Å². The minimum atomic E-state index is -0.502. The molecule has 1 N–H and O–H groups in total. The van der Waals surface area contributed by atoms with Gasteiger partial charge in [0, 0.05) is 25.3 Å². The summed E-state index contributed by atoms with van der Waals surface area (Å²) in [6.07, 6.45) is 1.69. The number of hydrogen-bond donors (Lipinski definition) is 1. The molecule has 0 amide bonds. The van der Waals surface area contributed by atoms with Crippen molar-refractivity contribution < 1.29 is 10.0 Å². The van der Waals surface area contributed by atoms with E-state index in [-0.39, 0.29) is 18.7 Å². The number of rotatable bonds is 3. The normalized spacial score (nSPS) is 9.75. The maximum absolute atomic E-state index is 10.4. The Hall–Kier alpha value is -1.49. The largest absolute Gasteiger partial charge is 0.396 e. The zero-order valence-electron chi connectivity index (χ0n) is 6.30. The molecule has 0 saturated carbocycles. The van der Waals surface area contributed by atoms with Gasteiger partial charge < -0.3 is 5.11 Å². The lowest BCUT2D eigenvalue weighted by Crippen LogP contribution is -2.00. The van der Waals surface area contributed by atoms with E-state index in [1.54, 1.807) is 0 Å². The average molecular weight is 168 g/mol. The van der Waals surface area contributed by atoms with Crippen LogP contribution >= 0.6 is 0 Å². The molecule has 0 fully saturated rings. The molecule has 64 valence electrons. The Bertz CT molecular complexity index is 288. The van der Waals surface area contributed by atoms with E-state index >= 15 is 0 Å². The van der Waals surface area contributed by atoms with Crippen LogP contribution < -0.4 is 0 Å². The predicted molar refractivity (Wildman–Crippen MR) is 41.7 cm³/mol. The summed E-state index contributed by atoms with van der Waals surface area (Å²) in [6, 6.07) is 2.87.